The van der Waals surface area contributed by atoms with Crippen LogP contribution >= 0.6 is 11.3 Å². The Bertz CT molecular complexity index is 635. The Labute approximate surface area is 140 Å². The minimum Gasteiger partial charge on any atom is -0.374 e. The van der Waals surface area contributed by atoms with Gasteiger partial charge >= 0.3 is 0 Å². The van der Waals surface area contributed by atoms with Crippen molar-refractivity contribution in [1.29, 1.82) is 0 Å². The molecule has 2 fully saturated rings. The van der Waals surface area contributed by atoms with Gasteiger partial charge in [-0.1, -0.05) is 11.2 Å². The summed E-state index contributed by atoms with van der Waals surface area (Å²) in [5.74, 6) is 0.944. The van der Waals surface area contributed by atoms with Crippen molar-refractivity contribution in [2.75, 3.05) is 26.2 Å². The summed E-state index contributed by atoms with van der Waals surface area (Å²) in [6.45, 7) is 9.89. The highest BCUT2D eigenvalue weighted by molar-refractivity contribution is 7.09. The van der Waals surface area contributed by atoms with Gasteiger partial charge in [0.2, 0.25) is 0 Å². The molecule has 4 rings (SSSR count). The fraction of sp³-hybridized carbons (Fsp3) is 0.588. The van der Waals surface area contributed by atoms with E-state index in [0.29, 0.717) is 12.1 Å². The van der Waals surface area contributed by atoms with E-state index in [0.717, 1.165) is 50.8 Å². The first-order valence-electron chi connectivity index (χ1n) is 8.23. The van der Waals surface area contributed by atoms with Crippen LogP contribution in [0.5, 0.6) is 0 Å². The molecule has 2 saturated heterocycles. The van der Waals surface area contributed by atoms with Crippen LogP contribution in [-0.4, -0.2) is 53.3 Å². The largest absolute Gasteiger partial charge is 0.374 e. The molecule has 0 N–H and O–H groups in total. The first kappa shape index (κ1) is 15.3. The van der Waals surface area contributed by atoms with Crippen LogP contribution in [0.4, 0.5) is 0 Å². The molecule has 23 heavy (non-hydrogen) atoms. The lowest BCUT2D eigenvalue weighted by Crippen LogP contribution is -2.50. The zero-order chi connectivity index (χ0) is 15.8. The van der Waals surface area contributed by atoms with Crippen molar-refractivity contribution < 1.29 is 9.26 Å². The molecule has 2 aromatic heterocycles. The molecule has 4 heterocycles. The summed E-state index contributed by atoms with van der Waals surface area (Å²) in [5.41, 5.74) is 2.25. The van der Waals surface area contributed by atoms with Gasteiger partial charge in [0.1, 0.15) is 5.76 Å². The van der Waals surface area contributed by atoms with Crippen molar-refractivity contribution in [1.82, 2.24) is 15.0 Å². The molecule has 0 unspecified atom stereocenters. The standard InChI is InChI=1S/C17H23N3O2S/c1-12-15(13(2)22-18-12)9-20-5-6-21-17-11-19(10-16(17)20)8-14-4-3-7-23-14/h3-4,7,16-17H,5-6,8-11H2,1-2H3/t16-,17+/m0/s1. The molecule has 0 aromatic carbocycles. The molecular weight excluding hydrogens is 310 g/mol. The number of hydrogen-bond acceptors (Lipinski definition) is 6. The van der Waals surface area contributed by atoms with Gasteiger partial charge in [0, 0.05) is 43.2 Å². The lowest BCUT2D eigenvalue weighted by Gasteiger charge is -2.36. The quantitative estimate of drug-likeness (QED) is 0.860. The highest BCUT2D eigenvalue weighted by atomic mass is 32.1. The number of nitrogens with zero attached hydrogens (tertiary/aromatic N) is 3. The van der Waals surface area contributed by atoms with E-state index >= 15 is 0 Å². The van der Waals surface area contributed by atoms with Crippen LogP contribution in [0.1, 0.15) is 21.9 Å². The Kier molecular flexibility index (Phi) is 4.24. The molecule has 2 atom stereocenters. The van der Waals surface area contributed by atoms with Gasteiger partial charge in [0.05, 0.1) is 24.4 Å². The van der Waals surface area contributed by atoms with Crippen molar-refractivity contribution >= 4 is 11.3 Å². The number of hydrogen-bond donors (Lipinski definition) is 0. The second kappa shape index (κ2) is 6.36. The van der Waals surface area contributed by atoms with E-state index in [1.807, 2.05) is 25.2 Å². The molecule has 0 bridgehead atoms. The van der Waals surface area contributed by atoms with Crippen LogP contribution in [-0.2, 0) is 17.8 Å². The minimum atomic E-state index is 0.323. The average Bonchev–Trinajstić information content (AvgIpc) is 3.25. The van der Waals surface area contributed by atoms with Gasteiger partial charge in [-0.3, -0.25) is 9.80 Å². The molecule has 2 aliphatic rings. The average molecular weight is 333 g/mol. The third-order valence-electron chi connectivity index (χ3n) is 4.99. The van der Waals surface area contributed by atoms with Crippen molar-refractivity contribution in [3.8, 4) is 0 Å². The molecule has 2 aliphatic heterocycles. The van der Waals surface area contributed by atoms with E-state index in [1.54, 1.807) is 0 Å². The van der Waals surface area contributed by atoms with Gasteiger partial charge in [0.15, 0.2) is 0 Å². The molecular formula is C17H23N3O2S. The van der Waals surface area contributed by atoms with Crippen LogP contribution in [0.3, 0.4) is 0 Å². The summed E-state index contributed by atoms with van der Waals surface area (Å²) in [6.07, 6.45) is 0.323. The topological polar surface area (TPSA) is 41.7 Å². The summed E-state index contributed by atoms with van der Waals surface area (Å²) in [4.78, 5) is 6.50. The van der Waals surface area contributed by atoms with Crippen LogP contribution < -0.4 is 0 Å². The summed E-state index contributed by atoms with van der Waals surface area (Å²) in [5, 5.41) is 6.24. The van der Waals surface area contributed by atoms with Crippen molar-refractivity contribution in [2.24, 2.45) is 0 Å². The van der Waals surface area contributed by atoms with E-state index in [2.05, 4.69) is 32.5 Å². The zero-order valence-corrected chi connectivity index (χ0v) is 14.5. The second-order valence-corrected chi connectivity index (χ2v) is 7.56. The van der Waals surface area contributed by atoms with Gasteiger partial charge < -0.3 is 9.26 Å². The summed E-state index contributed by atoms with van der Waals surface area (Å²) >= 11 is 1.83. The molecule has 0 spiro atoms. The lowest BCUT2D eigenvalue weighted by atomic mass is 10.1. The predicted molar refractivity (Wildman–Crippen MR) is 89.5 cm³/mol. The monoisotopic (exact) mass is 333 g/mol. The SMILES string of the molecule is Cc1noc(C)c1CN1CCO[C@@H]2CN(Cc3cccs3)C[C@@H]21. The molecule has 0 radical (unpaired) electrons. The van der Waals surface area contributed by atoms with Crippen molar-refractivity contribution in [3.63, 3.8) is 0 Å². The number of morpholine rings is 1. The maximum absolute atomic E-state index is 6.04. The normalized spacial score (nSPS) is 25.8. The lowest BCUT2D eigenvalue weighted by molar-refractivity contribution is -0.0506. The number of aromatic nitrogens is 1. The van der Waals surface area contributed by atoms with Gasteiger partial charge in [-0.15, -0.1) is 11.3 Å². The number of aryl methyl sites for hydroxylation is 2. The van der Waals surface area contributed by atoms with Crippen LogP contribution in [0.25, 0.3) is 0 Å². The minimum absolute atomic E-state index is 0.323. The van der Waals surface area contributed by atoms with E-state index in [-0.39, 0.29) is 0 Å². The number of thiophene rings is 1. The zero-order valence-electron chi connectivity index (χ0n) is 13.7. The van der Waals surface area contributed by atoms with Gasteiger partial charge in [0.25, 0.3) is 0 Å². The van der Waals surface area contributed by atoms with Gasteiger partial charge in [-0.25, -0.2) is 0 Å². The molecule has 5 nitrogen and oxygen atoms in total. The highest BCUT2D eigenvalue weighted by Gasteiger charge is 2.40. The number of likely N-dealkylation sites (tertiary alicyclic amines) is 1. The first-order valence-corrected chi connectivity index (χ1v) is 9.11. The van der Waals surface area contributed by atoms with E-state index in [4.69, 9.17) is 9.26 Å². The number of ether oxygens (including phenoxy) is 1. The van der Waals surface area contributed by atoms with E-state index in [1.165, 1.54) is 10.4 Å². The van der Waals surface area contributed by atoms with E-state index in [9.17, 15) is 0 Å². The third-order valence-corrected chi connectivity index (χ3v) is 5.86. The van der Waals surface area contributed by atoms with Gasteiger partial charge in [-0.05, 0) is 25.3 Å². The number of rotatable bonds is 4. The molecule has 6 heteroatoms. The van der Waals surface area contributed by atoms with E-state index < -0.39 is 0 Å². The van der Waals surface area contributed by atoms with Gasteiger partial charge in [-0.2, -0.15) is 0 Å². The summed E-state index contributed by atoms with van der Waals surface area (Å²) < 4.78 is 11.4. The van der Waals surface area contributed by atoms with Crippen LogP contribution in [0.2, 0.25) is 0 Å². The molecule has 0 aliphatic carbocycles. The molecule has 0 saturated carbocycles. The number of fused-ring (bicyclic) bond motifs is 1. The smallest absolute Gasteiger partial charge is 0.138 e. The predicted octanol–water partition coefficient (Wildman–Crippen LogP) is 2.44. The first-order chi connectivity index (χ1) is 11.2. The fourth-order valence-corrected chi connectivity index (χ4v) is 4.46. The molecule has 2 aromatic rings. The Morgan fingerprint density at radius 1 is 1.30 bits per heavy atom. The van der Waals surface area contributed by atoms with Crippen LogP contribution in [0.15, 0.2) is 22.0 Å². The Morgan fingerprint density at radius 3 is 2.96 bits per heavy atom. The Morgan fingerprint density at radius 2 is 2.22 bits per heavy atom. The second-order valence-electron chi connectivity index (χ2n) is 6.52. The maximum atomic E-state index is 6.04. The fourth-order valence-electron chi connectivity index (χ4n) is 3.71. The van der Waals surface area contributed by atoms with Crippen molar-refractivity contribution in [3.05, 3.63) is 39.4 Å². The third kappa shape index (κ3) is 3.08. The summed E-state index contributed by atoms with van der Waals surface area (Å²) in [7, 11) is 0. The molecule has 0 amide bonds. The highest BCUT2D eigenvalue weighted by Crippen LogP contribution is 2.27. The summed E-state index contributed by atoms with van der Waals surface area (Å²) in [6, 6.07) is 4.82. The Balaban J connectivity index is 1.45. The maximum Gasteiger partial charge on any atom is 0.138 e. The molecule has 124 valence electrons. The Hall–Kier alpha value is -1.21. The van der Waals surface area contributed by atoms with Crippen LogP contribution in [0, 0.1) is 13.8 Å². The van der Waals surface area contributed by atoms with Crippen molar-refractivity contribution in [2.45, 2.75) is 39.1 Å².